The number of para-hydroxylation sites is 1. The number of hydrogen-bond acceptors (Lipinski definition) is 3. The van der Waals surface area contributed by atoms with Gasteiger partial charge in [0.05, 0.1) is 12.2 Å². The molecule has 1 aliphatic rings. The lowest BCUT2D eigenvalue weighted by Crippen LogP contribution is -2.19. The fourth-order valence-electron chi connectivity index (χ4n) is 2.54. The molecule has 0 spiro atoms. The summed E-state index contributed by atoms with van der Waals surface area (Å²) in [5.74, 6) is 0. The second-order valence-corrected chi connectivity index (χ2v) is 6.00. The number of anilines is 1. The minimum Gasteiger partial charge on any atom is -0.382 e. The molecule has 2 heterocycles. The average Bonchev–Trinajstić information content (AvgIpc) is 3.08. The quantitative estimate of drug-likeness (QED) is 0.891. The molecule has 1 aromatic heterocycles. The number of rotatable bonds is 4. The second kappa shape index (κ2) is 5.76. The van der Waals surface area contributed by atoms with Gasteiger partial charge in [0.1, 0.15) is 0 Å². The van der Waals surface area contributed by atoms with E-state index in [0.717, 1.165) is 13.0 Å². The van der Waals surface area contributed by atoms with E-state index >= 15 is 0 Å². The number of hydrogen-bond donors (Lipinski definition) is 1. The van der Waals surface area contributed by atoms with Crippen LogP contribution in [0.5, 0.6) is 0 Å². The Hall–Kier alpha value is -1.32. The van der Waals surface area contributed by atoms with Crippen LogP contribution in [-0.4, -0.2) is 18.8 Å². The van der Waals surface area contributed by atoms with Gasteiger partial charge in [-0.25, -0.2) is 0 Å². The first-order chi connectivity index (χ1) is 9.33. The van der Waals surface area contributed by atoms with Gasteiger partial charge in [0.25, 0.3) is 0 Å². The van der Waals surface area contributed by atoms with E-state index in [9.17, 15) is 0 Å². The Balaban J connectivity index is 1.71. The number of ether oxygens (including phenoxy) is 1. The Morgan fingerprint density at radius 1 is 1.21 bits per heavy atom. The molecule has 2 nitrogen and oxygen atoms in total. The van der Waals surface area contributed by atoms with Crippen molar-refractivity contribution in [2.75, 3.05) is 11.9 Å². The van der Waals surface area contributed by atoms with E-state index in [1.165, 1.54) is 22.5 Å². The summed E-state index contributed by atoms with van der Waals surface area (Å²) in [6.45, 7) is 3.05. The van der Waals surface area contributed by atoms with Gasteiger partial charge < -0.3 is 10.1 Å². The van der Waals surface area contributed by atoms with Crippen molar-refractivity contribution in [1.82, 2.24) is 0 Å². The van der Waals surface area contributed by atoms with Gasteiger partial charge in [0, 0.05) is 22.7 Å². The summed E-state index contributed by atoms with van der Waals surface area (Å²) in [5, 5.41) is 5.66. The van der Waals surface area contributed by atoms with E-state index in [1.54, 1.807) is 11.3 Å². The lowest BCUT2D eigenvalue weighted by molar-refractivity contribution is 0.0637. The van der Waals surface area contributed by atoms with Crippen molar-refractivity contribution < 1.29 is 4.74 Å². The van der Waals surface area contributed by atoms with Crippen molar-refractivity contribution in [2.45, 2.75) is 32.0 Å². The van der Waals surface area contributed by atoms with Crippen LogP contribution in [0.25, 0.3) is 10.4 Å². The first kappa shape index (κ1) is 12.7. The minimum atomic E-state index is 0.353. The van der Waals surface area contributed by atoms with E-state index in [2.05, 4.69) is 54.0 Å². The molecule has 0 radical (unpaired) electrons. The Kier molecular flexibility index (Phi) is 3.85. The molecule has 1 N–H and O–H groups in total. The molecular formula is C16H19NOS. The van der Waals surface area contributed by atoms with E-state index in [4.69, 9.17) is 4.74 Å². The van der Waals surface area contributed by atoms with Crippen molar-refractivity contribution in [3.63, 3.8) is 0 Å². The maximum Gasteiger partial charge on any atom is 0.0751 e. The largest absolute Gasteiger partial charge is 0.382 e. The van der Waals surface area contributed by atoms with Crippen LogP contribution in [-0.2, 0) is 4.74 Å². The maximum atomic E-state index is 5.85. The zero-order valence-corrected chi connectivity index (χ0v) is 12.0. The molecule has 3 rings (SSSR count). The van der Waals surface area contributed by atoms with Crippen molar-refractivity contribution in [2.24, 2.45) is 0 Å². The zero-order valence-electron chi connectivity index (χ0n) is 11.1. The molecule has 1 saturated heterocycles. The Labute approximate surface area is 118 Å². The third-order valence-corrected chi connectivity index (χ3v) is 4.46. The van der Waals surface area contributed by atoms with Gasteiger partial charge in [-0.3, -0.25) is 0 Å². The molecule has 3 heteroatoms. The Morgan fingerprint density at radius 2 is 2.11 bits per heavy atom. The molecule has 2 unspecified atom stereocenters. The maximum absolute atomic E-state index is 5.85. The zero-order chi connectivity index (χ0) is 13.1. The first-order valence-electron chi connectivity index (χ1n) is 6.85. The fourth-order valence-corrected chi connectivity index (χ4v) is 3.31. The van der Waals surface area contributed by atoms with Crippen molar-refractivity contribution >= 4 is 17.0 Å². The summed E-state index contributed by atoms with van der Waals surface area (Å²) >= 11 is 1.78. The van der Waals surface area contributed by atoms with E-state index in [1.807, 2.05) is 0 Å². The van der Waals surface area contributed by atoms with Gasteiger partial charge in [-0.2, -0.15) is 0 Å². The predicted molar refractivity (Wildman–Crippen MR) is 81.8 cm³/mol. The van der Waals surface area contributed by atoms with Crippen molar-refractivity contribution in [3.8, 4) is 10.4 Å². The number of benzene rings is 1. The van der Waals surface area contributed by atoms with Crippen LogP contribution in [0.2, 0.25) is 0 Å². The van der Waals surface area contributed by atoms with Crippen LogP contribution >= 0.6 is 11.3 Å². The fraction of sp³-hybridized carbons (Fsp3) is 0.375. The first-order valence-corrected chi connectivity index (χ1v) is 7.73. The molecule has 0 amide bonds. The Bertz CT molecular complexity index is 523. The molecule has 2 aromatic rings. The van der Waals surface area contributed by atoms with Crippen LogP contribution in [0, 0.1) is 0 Å². The highest BCUT2D eigenvalue weighted by molar-refractivity contribution is 7.13. The molecule has 2 atom stereocenters. The van der Waals surface area contributed by atoms with Crippen LogP contribution in [0.4, 0.5) is 5.69 Å². The van der Waals surface area contributed by atoms with Gasteiger partial charge in [-0.15, -0.1) is 11.3 Å². The number of nitrogens with one attached hydrogen (secondary N) is 1. The van der Waals surface area contributed by atoms with Gasteiger partial charge in [-0.05, 0) is 37.3 Å². The highest BCUT2D eigenvalue weighted by Crippen LogP contribution is 2.31. The SMILES string of the molecule is CC1CCC(CNc2ccccc2-c2cccs2)O1. The molecule has 1 aromatic carbocycles. The Morgan fingerprint density at radius 3 is 2.84 bits per heavy atom. The summed E-state index contributed by atoms with van der Waals surface area (Å²) in [6, 6.07) is 12.8. The van der Waals surface area contributed by atoms with E-state index in [0.29, 0.717) is 12.2 Å². The van der Waals surface area contributed by atoms with Crippen LogP contribution < -0.4 is 5.32 Å². The average molecular weight is 273 g/mol. The van der Waals surface area contributed by atoms with Crippen molar-refractivity contribution in [3.05, 3.63) is 41.8 Å². The second-order valence-electron chi connectivity index (χ2n) is 5.05. The lowest BCUT2D eigenvalue weighted by Gasteiger charge is -2.15. The monoisotopic (exact) mass is 273 g/mol. The predicted octanol–water partition coefficient (Wildman–Crippen LogP) is 4.39. The normalized spacial score (nSPS) is 22.6. The summed E-state index contributed by atoms with van der Waals surface area (Å²) in [6.07, 6.45) is 3.11. The highest BCUT2D eigenvalue weighted by Gasteiger charge is 2.21. The summed E-state index contributed by atoms with van der Waals surface area (Å²) in [5.41, 5.74) is 2.48. The molecule has 19 heavy (non-hydrogen) atoms. The van der Waals surface area contributed by atoms with Gasteiger partial charge in [0.2, 0.25) is 0 Å². The van der Waals surface area contributed by atoms with Gasteiger partial charge in [0.15, 0.2) is 0 Å². The molecule has 0 aliphatic carbocycles. The third-order valence-electron chi connectivity index (χ3n) is 3.55. The highest BCUT2D eigenvalue weighted by atomic mass is 32.1. The molecule has 0 saturated carbocycles. The minimum absolute atomic E-state index is 0.353. The molecular weight excluding hydrogens is 254 g/mol. The van der Waals surface area contributed by atoms with Gasteiger partial charge >= 0.3 is 0 Å². The third kappa shape index (κ3) is 2.99. The van der Waals surface area contributed by atoms with E-state index in [-0.39, 0.29) is 0 Å². The standard InChI is InChI=1S/C16H19NOS/c1-12-8-9-13(18-12)11-17-15-6-3-2-5-14(15)16-7-4-10-19-16/h2-7,10,12-13,17H,8-9,11H2,1H3. The molecule has 1 fully saturated rings. The van der Waals surface area contributed by atoms with Crippen LogP contribution in [0.15, 0.2) is 41.8 Å². The van der Waals surface area contributed by atoms with E-state index < -0.39 is 0 Å². The topological polar surface area (TPSA) is 21.3 Å². The summed E-state index contributed by atoms with van der Waals surface area (Å²) in [4.78, 5) is 1.31. The smallest absolute Gasteiger partial charge is 0.0751 e. The van der Waals surface area contributed by atoms with Crippen LogP contribution in [0.3, 0.4) is 0 Å². The molecule has 100 valence electrons. The molecule has 1 aliphatic heterocycles. The summed E-state index contributed by atoms with van der Waals surface area (Å²) < 4.78 is 5.85. The van der Waals surface area contributed by atoms with Gasteiger partial charge in [-0.1, -0.05) is 24.3 Å². The molecule has 0 bridgehead atoms. The van der Waals surface area contributed by atoms with Crippen LogP contribution in [0.1, 0.15) is 19.8 Å². The van der Waals surface area contributed by atoms with Crippen molar-refractivity contribution in [1.29, 1.82) is 0 Å². The summed E-state index contributed by atoms with van der Waals surface area (Å²) in [7, 11) is 0. The number of thiophene rings is 1. The lowest BCUT2D eigenvalue weighted by atomic mass is 10.1.